The predicted molar refractivity (Wildman–Crippen MR) is 119 cm³/mol. The molecule has 3 amide bonds. The van der Waals surface area contributed by atoms with Crippen LogP contribution in [0.1, 0.15) is 54.9 Å². The number of fused-ring (bicyclic) bond motifs is 1. The van der Waals surface area contributed by atoms with Gasteiger partial charge in [-0.25, -0.2) is 4.39 Å². The van der Waals surface area contributed by atoms with Gasteiger partial charge in [0.2, 0.25) is 11.8 Å². The number of nitrogens with zero attached hydrogens (tertiary/aromatic N) is 2. The van der Waals surface area contributed by atoms with Crippen molar-refractivity contribution in [3.8, 4) is 5.75 Å². The Morgan fingerprint density at radius 3 is 2.85 bits per heavy atom. The number of hydrogen-bond acceptors (Lipinski definition) is 6. The molecule has 1 N–H and O–H groups in total. The third-order valence-electron chi connectivity index (χ3n) is 5.18. The van der Waals surface area contributed by atoms with Crippen LogP contribution in [0, 0.1) is 5.82 Å². The van der Waals surface area contributed by atoms with E-state index in [0.29, 0.717) is 0 Å². The molecule has 2 saturated heterocycles. The summed E-state index contributed by atoms with van der Waals surface area (Å²) in [6.07, 6.45) is -7.34. The molecule has 0 bridgehead atoms. The molecular formula is C25H26FN3O5. The molecule has 2 aromatic carbocycles. The SMILES string of the molecule is [2H]C([2H])(Oc1cccc2c1C([2H])([2H])N(C1([2H])C(=O)NC(=O)C([2H])([2H])C1([2H])[2H])C2=O)c1ccc(C([2H])([2H])N2CCOCC2)cc1F. The molecule has 2 aromatic rings. The highest BCUT2D eigenvalue weighted by Gasteiger charge is 2.40. The van der Waals surface area contributed by atoms with Crippen molar-refractivity contribution in [3.05, 3.63) is 64.5 Å². The highest BCUT2D eigenvalue weighted by molar-refractivity contribution is 6.05. The predicted octanol–water partition coefficient (Wildman–Crippen LogP) is 2.00. The van der Waals surface area contributed by atoms with E-state index in [1.807, 2.05) is 0 Å². The zero-order chi connectivity index (χ0) is 33.5. The van der Waals surface area contributed by atoms with Crippen LogP contribution in [0.15, 0.2) is 36.4 Å². The van der Waals surface area contributed by atoms with Crippen LogP contribution >= 0.6 is 0 Å². The van der Waals surface area contributed by atoms with Gasteiger partial charge in [-0.2, -0.15) is 0 Å². The monoisotopic (exact) mass is 478 g/mol. The number of rotatable bonds is 6. The molecule has 0 aliphatic carbocycles. The van der Waals surface area contributed by atoms with Crippen LogP contribution in [0.25, 0.3) is 0 Å². The Hall–Kier alpha value is -3.30. The number of piperidine rings is 1. The summed E-state index contributed by atoms with van der Waals surface area (Å²) in [6, 6.07) is 2.42. The first-order chi connectivity index (χ1) is 20.6. The van der Waals surface area contributed by atoms with Crippen LogP contribution in [-0.4, -0.2) is 59.8 Å². The topological polar surface area (TPSA) is 88.2 Å². The standard InChI is InChI=1S/C25H26FN3O5/c26-20-12-16(13-28-8-10-33-11-9-28)4-5-17(20)15-34-22-3-1-2-18-19(22)14-29(25(18)32)21-6-7-23(30)27-24(21)31/h1-5,12,21H,6-11,13-15H2,(H,27,30,31)/i6D2,7D2,13D2,14D2,15D2,21D. The Balaban J connectivity index is 1.52. The minimum Gasteiger partial charge on any atom is -0.488 e. The lowest BCUT2D eigenvalue weighted by Crippen LogP contribution is -2.52. The third kappa shape index (κ3) is 4.53. The van der Waals surface area contributed by atoms with Crippen LogP contribution in [0.5, 0.6) is 5.75 Å². The zero-order valence-corrected chi connectivity index (χ0v) is 17.6. The zero-order valence-electron chi connectivity index (χ0n) is 28.6. The fraction of sp³-hybridized carbons (Fsp3) is 0.400. The summed E-state index contributed by atoms with van der Waals surface area (Å²) in [5.74, 6) is -6.89. The van der Waals surface area contributed by atoms with E-state index in [0.717, 1.165) is 36.4 Å². The second-order valence-corrected chi connectivity index (χ2v) is 7.42. The molecule has 0 radical (unpaired) electrons. The molecule has 5 rings (SSSR count). The van der Waals surface area contributed by atoms with Gasteiger partial charge in [0.05, 0.1) is 26.6 Å². The number of benzene rings is 2. The first kappa shape index (κ1) is 13.0. The Labute approximate surface area is 212 Å². The van der Waals surface area contributed by atoms with E-state index in [1.54, 1.807) is 0 Å². The Kier molecular flexibility index (Phi) is 3.63. The number of amides is 3. The molecule has 178 valence electrons. The summed E-state index contributed by atoms with van der Waals surface area (Å²) in [5, 5.41) is 1.48. The average molecular weight is 479 g/mol. The molecular weight excluding hydrogens is 441 g/mol. The first-order valence-electron chi connectivity index (χ1n) is 15.8. The molecule has 3 aliphatic heterocycles. The van der Waals surface area contributed by atoms with Gasteiger partial charge in [-0.1, -0.05) is 18.2 Å². The van der Waals surface area contributed by atoms with Gasteiger partial charge in [0.25, 0.3) is 5.91 Å². The van der Waals surface area contributed by atoms with Crippen molar-refractivity contribution >= 4 is 17.7 Å². The number of hydrogen-bond donors (Lipinski definition) is 1. The fourth-order valence-electron chi connectivity index (χ4n) is 3.51. The maximum atomic E-state index is 15.4. The third-order valence-corrected chi connectivity index (χ3v) is 5.18. The van der Waals surface area contributed by atoms with Gasteiger partial charge in [-0.15, -0.1) is 0 Å². The molecule has 9 heteroatoms. The van der Waals surface area contributed by atoms with Crippen LogP contribution in [0.4, 0.5) is 4.39 Å². The molecule has 1 atom stereocenters. The van der Waals surface area contributed by atoms with Gasteiger partial charge in [0, 0.05) is 50.9 Å². The average Bonchev–Trinajstić information content (AvgIpc) is 3.17. The van der Waals surface area contributed by atoms with E-state index < -0.39 is 84.3 Å². The van der Waals surface area contributed by atoms with Gasteiger partial charge >= 0.3 is 0 Å². The second-order valence-electron chi connectivity index (χ2n) is 7.42. The number of ether oxygens (including phenoxy) is 2. The van der Waals surface area contributed by atoms with Crippen LogP contribution < -0.4 is 10.1 Å². The summed E-state index contributed by atoms with van der Waals surface area (Å²) >= 11 is 0. The molecule has 3 heterocycles. The number of nitrogens with one attached hydrogen (secondary N) is 1. The van der Waals surface area contributed by atoms with E-state index >= 15 is 4.39 Å². The van der Waals surface area contributed by atoms with E-state index in [4.69, 9.17) is 24.6 Å². The Bertz CT molecular complexity index is 1600. The number of carbonyl (C=O) groups is 3. The highest BCUT2D eigenvalue weighted by atomic mass is 19.1. The van der Waals surface area contributed by atoms with Crippen molar-refractivity contribution in [2.24, 2.45) is 0 Å². The van der Waals surface area contributed by atoms with Crippen molar-refractivity contribution in [1.29, 1.82) is 0 Å². The number of morpholine rings is 1. The Morgan fingerprint density at radius 2 is 2.06 bits per heavy atom. The second kappa shape index (κ2) is 9.52. The van der Waals surface area contributed by atoms with Crippen molar-refractivity contribution in [3.63, 3.8) is 0 Å². The molecule has 3 aliphatic rings. The molecule has 8 nitrogen and oxygen atoms in total. The van der Waals surface area contributed by atoms with E-state index in [-0.39, 0.29) is 36.8 Å². The molecule has 0 saturated carbocycles. The van der Waals surface area contributed by atoms with Gasteiger partial charge in [0.1, 0.15) is 24.1 Å². The number of imide groups is 1. The van der Waals surface area contributed by atoms with E-state index in [9.17, 15) is 14.4 Å². The normalized spacial score (nSPS) is 33.1. The molecule has 34 heavy (non-hydrogen) atoms. The highest BCUT2D eigenvalue weighted by Crippen LogP contribution is 2.34. The largest absolute Gasteiger partial charge is 0.488 e. The Morgan fingerprint density at radius 1 is 1.24 bits per heavy atom. The summed E-state index contributed by atoms with van der Waals surface area (Å²) in [6.45, 7) is -7.50. The van der Waals surface area contributed by atoms with Crippen molar-refractivity contribution < 1.29 is 43.3 Å². The number of halogens is 1. The summed E-state index contributed by atoms with van der Waals surface area (Å²) in [5.41, 5.74) is -2.17. The van der Waals surface area contributed by atoms with Crippen LogP contribution in [0.3, 0.4) is 0 Å². The molecule has 1 unspecified atom stereocenters. The van der Waals surface area contributed by atoms with Crippen molar-refractivity contribution in [1.82, 2.24) is 15.1 Å². The summed E-state index contributed by atoms with van der Waals surface area (Å²) < 4.78 is 118. The lowest BCUT2D eigenvalue weighted by molar-refractivity contribution is -0.136. The number of carbonyl (C=O) groups excluding carboxylic acids is 3. The van der Waals surface area contributed by atoms with Gasteiger partial charge in [-0.05, 0) is 30.1 Å². The minimum absolute atomic E-state index is 0.112. The van der Waals surface area contributed by atoms with Gasteiger partial charge < -0.3 is 14.4 Å². The quantitative estimate of drug-likeness (QED) is 0.639. The minimum atomic E-state index is -3.78. The lowest BCUT2D eigenvalue weighted by atomic mass is 10.0. The first-order valence-corrected chi connectivity index (χ1v) is 10.3. The van der Waals surface area contributed by atoms with Crippen molar-refractivity contribution in [2.75, 3.05) is 26.3 Å². The van der Waals surface area contributed by atoms with Gasteiger partial charge in [0.15, 0.2) is 0 Å². The van der Waals surface area contributed by atoms with Gasteiger partial charge in [-0.3, -0.25) is 24.6 Å². The maximum absolute atomic E-state index is 15.4. The maximum Gasteiger partial charge on any atom is 0.255 e. The van der Waals surface area contributed by atoms with Crippen LogP contribution in [0.2, 0.25) is 0 Å². The van der Waals surface area contributed by atoms with E-state index in [2.05, 4.69) is 0 Å². The van der Waals surface area contributed by atoms with Crippen molar-refractivity contribution in [2.45, 2.75) is 38.3 Å². The van der Waals surface area contributed by atoms with E-state index in [1.165, 1.54) is 10.2 Å². The molecule has 0 spiro atoms. The molecule has 2 fully saturated rings. The lowest BCUT2D eigenvalue weighted by Gasteiger charge is -2.29. The summed E-state index contributed by atoms with van der Waals surface area (Å²) in [7, 11) is 0. The van der Waals surface area contributed by atoms with Crippen LogP contribution in [-0.2, 0) is 33.9 Å². The summed E-state index contributed by atoms with van der Waals surface area (Å²) in [4.78, 5) is 39.7. The molecule has 0 aromatic heterocycles. The fourth-order valence-corrected chi connectivity index (χ4v) is 3.51. The smallest absolute Gasteiger partial charge is 0.255 e.